The Morgan fingerprint density at radius 1 is 1.40 bits per heavy atom. The zero-order chi connectivity index (χ0) is 14.7. The number of hydrogen-bond donors (Lipinski definition) is 1. The van der Waals surface area contributed by atoms with Gasteiger partial charge < -0.3 is 14.3 Å². The molecule has 1 N–H and O–H groups in total. The second-order valence-electron chi connectivity index (χ2n) is 4.04. The van der Waals surface area contributed by atoms with Crippen LogP contribution in [-0.2, 0) is 6.61 Å². The topological polar surface area (TPSA) is 103 Å². The Kier molecular flexibility index (Phi) is 3.69. The van der Waals surface area contributed by atoms with E-state index in [1.807, 2.05) is 0 Å². The molecule has 0 aliphatic rings. The van der Waals surface area contributed by atoms with Crippen molar-refractivity contribution in [2.45, 2.75) is 13.5 Å². The average molecular weight is 277 g/mol. The van der Waals surface area contributed by atoms with Gasteiger partial charge in [0.2, 0.25) is 5.76 Å². The van der Waals surface area contributed by atoms with Crippen molar-refractivity contribution in [1.82, 2.24) is 0 Å². The maximum Gasteiger partial charge on any atom is 0.371 e. The van der Waals surface area contributed by atoms with E-state index < -0.39 is 10.9 Å². The van der Waals surface area contributed by atoms with Crippen molar-refractivity contribution < 1.29 is 24.0 Å². The minimum atomic E-state index is -1.14. The lowest BCUT2D eigenvalue weighted by atomic mass is 10.2. The van der Waals surface area contributed by atoms with E-state index in [4.69, 9.17) is 14.3 Å². The van der Waals surface area contributed by atoms with Crippen LogP contribution in [0.1, 0.15) is 21.9 Å². The molecule has 1 aromatic carbocycles. The second-order valence-corrected chi connectivity index (χ2v) is 4.04. The first-order valence-corrected chi connectivity index (χ1v) is 5.67. The third-order valence-corrected chi connectivity index (χ3v) is 2.67. The Labute approximate surface area is 113 Å². The summed E-state index contributed by atoms with van der Waals surface area (Å²) in [7, 11) is 0. The van der Waals surface area contributed by atoms with Gasteiger partial charge in [-0.05, 0) is 25.1 Å². The van der Waals surface area contributed by atoms with Crippen LogP contribution in [0.5, 0.6) is 5.75 Å². The lowest BCUT2D eigenvalue weighted by molar-refractivity contribution is -0.384. The SMILES string of the molecule is Cc1oc(C(=O)O)cc1COc1ccc([N+](=O)[O-])cc1. The minimum absolute atomic E-state index is 0.0231. The van der Waals surface area contributed by atoms with E-state index in [0.717, 1.165) is 0 Å². The third-order valence-electron chi connectivity index (χ3n) is 2.67. The first-order valence-electron chi connectivity index (χ1n) is 5.67. The summed E-state index contributed by atoms with van der Waals surface area (Å²) >= 11 is 0. The van der Waals surface area contributed by atoms with E-state index in [9.17, 15) is 14.9 Å². The smallest absolute Gasteiger partial charge is 0.371 e. The summed E-state index contributed by atoms with van der Waals surface area (Å²) in [5.41, 5.74) is 0.589. The van der Waals surface area contributed by atoms with Crippen LogP contribution in [0.2, 0.25) is 0 Å². The molecule has 0 atom stereocenters. The fraction of sp³-hybridized carbons (Fsp3) is 0.154. The molecule has 0 spiro atoms. The number of carbonyl (C=O) groups is 1. The van der Waals surface area contributed by atoms with Gasteiger partial charge in [0, 0.05) is 17.7 Å². The van der Waals surface area contributed by atoms with Crippen LogP contribution in [0, 0.1) is 17.0 Å². The van der Waals surface area contributed by atoms with Crippen LogP contribution in [0.15, 0.2) is 34.7 Å². The van der Waals surface area contributed by atoms with E-state index >= 15 is 0 Å². The second kappa shape index (κ2) is 5.43. The number of nitro groups is 1. The Hall–Kier alpha value is -2.83. The lowest BCUT2D eigenvalue weighted by Crippen LogP contribution is -1.96. The number of carboxylic acid groups (broad SMARTS) is 1. The summed E-state index contributed by atoms with van der Waals surface area (Å²) in [6.07, 6.45) is 0. The van der Waals surface area contributed by atoms with Gasteiger partial charge in [0.05, 0.1) is 4.92 Å². The van der Waals surface area contributed by atoms with Gasteiger partial charge in [-0.2, -0.15) is 0 Å². The van der Waals surface area contributed by atoms with Gasteiger partial charge >= 0.3 is 5.97 Å². The van der Waals surface area contributed by atoms with Crippen molar-refractivity contribution in [3.63, 3.8) is 0 Å². The van der Waals surface area contributed by atoms with Crippen LogP contribution in [-0.4, -0.2) is 16.0 Å². The molecular weight excluding hydrogens is 266 g/mol. The molecule has 0 amide bonds. The number of aryl methyl sites for hydroxylation is 1. The predicted octanol–water partition coefficient (Wildman–Crippen LogP) is 2.77. The molecule has 0 aliphatic carbocycles. The summed E-state index contributed by atoms with van der Waals surface area (Å²) < 4.78 is 10.5. The molecule has 2 rings (SSSR count). The maximum atomic E-state index is 10.7. The summed E-state index contributed by atoms with van der Waals surface area (Å²) in [6.45, 7) is 1.77. The van der Waals surface area contributed by atoms with Gasteiger partial charge in [-0.3, -0.25) is 10.1 Å². The summed E-state index contributed by atoms with van der Waals surface area (Å²) in [6, 6.07) is 7.01. The highest BCUT2D eigenvalue weighted by molar-refractivity contribution is 5.84. The molecule has 0 unspecified atom stereocenters. The average Bonchev–Trinajstić information content (AvgIpc) is 2.78. The number of nitro benzene ring substituents is 1. The molecule has 0 bridgehead atoms. The first kappa shape index (κ1) is 13.6. The number of hydrogen-bond acceptors (Lipinski definition) is 5. The summed E-state index contributed by atoms with van der Waals surface area (Å²) in [5.74, 6) is -0.378. The fourth-order valence-electron chi connectivity index (χ4n) is 1.59. The highest BCUT2D eigenvalue weighted by Gasteiger charge is 2.13. The van der Waals surface area contributed by atoms with E-state index in [0.29, 0.717) is 17.1 Å². The van der Waals surface area contributed by atoms with Crippen LogP contribution in [0.25, 0.3) is 0 Å². The van der Waals surface area contributed by atoms with E-state index in [-0.39, 0.29) is 18.1 Å². The van der Waals surface area contributed by atoms with Gasteiger partial charge in [-0.1, -0.05) is 0 Å². The molecule has 1 heterocycles. The zero-order valence-corrected chi connectivity index (χ0v) is 10.5. The molecule has 0 radical (unpaired) electrons. The largest absolute Gasteiger partial charge is 0.489 e. The molecule has 1 aromatic heterocycles. The standard InChI is InChI=1S/C13H11NO6/c1-8-9(6-12(20-8)13(15)16)7-19-11-4-2-10(3-5-11)14(17)18/h2-6H,7H2,1H3,(H,15,16). The number of benzene rings is 1. The van der Waals surface area contributed by atoms with Crippen molar-refractivity contribution in [2.24, 2.45) is 0 Å². The van der Waals surface area contributed by atoms with Crippen LogP contribution < -0.4 is 4.74 Å². The van der Waals surface area contributed by atoms with Crippen LogP contribution in [0.4, 0.5) is 5.69 Å². The minimum Gasteiger partial charge on any atom is -0.489 e. The summed E-state index contributed by atoms with van der Waals surface area (Å²) in [5, 5.41) is 19.3. The molecule has 0 saturated heterocycles. The molecule has 7 heteroatoms. The fourth-order valence-corrected chi connectivity index (χ4v) is 1.59. The van der Waals surface area contributed by atoms with Crippen molar-refractivity contribution in [3.8, 4) is 5.75 Å². The van der Waals surface area contributed by atoms with E-state index in [2.05, 4.69) is 0 Å². The van der Waals surface area contributed by atoms with Crippen molar-refractivity contribution in [2.75, 3.05) is 0 Å². The Morgan fingerprint density at radius 2 is 2.05 bits per heavy atom. The van der Waals surface area contributed by atoms with E-state index in [1.54, 1.807) is 6.92 Å². The first-order chi connectivity index (χ1) is 9.47. The predicted molar refractivity (Wildman–Crippen MR) is 67.8 cm³/mol. The monoisotopic (exact) mass is 277 g/mol. The molecule has 7 nitrogen and oxygen atoms in total. The quantitative estimate of drug-likeness (QED) is 0.665. The van der Waals surface area contributed by atoms with Crippen molar-refractivity contribution in [1.29, 1.82) is 0 Å². The maximum absolute atomic E-state index is 10.7. The Balaban J connectivity index is 2.05. The number of furan rings is 1. The van der Waals surface area contributed by atoms with E-state index in [1.165, 1.54) is 30.3 Å². The summed E-state index contributed by atoms with van der Waals surface area (Å²) in [4.78, 5) is 20.7. The van der Waals surface area contributed by atoms with Crippen molar-refractivity contribution >= 4 is 11.7 Å². The normalized spacial score (nSPS) is 10.2. The molecule has 2 aromatic rings. The highest BCUT2D eigenvalue weighted by Crippen LogP contribution is 2.20. The molecule has 0 aliphatic heterocycles. The third kappa shape index (κ3) is 2.94. The van der Waals surface area contributed by atoms with Gasteiger partial charge in [0.1, 0.15) is 18.1 Å². The van der Waals surface area contributed by atoms with Gasteiger partial charge in [-0.25, -0.2) is 4.79 Å². The number of nitrogens with zero attached hydrogens (tertiary/aromatic N) is 1. The Bertz CT molecular complexity index is 643. The van der Waals surface area contributed by atoms with Crippen LogP contribution in [0.3, 0.4) is 0 Å². The molecule has 20 heavy (non-hydrogen) atoms. The van der Waals surface area contributed by atoms with Gasteiger partial charge in [0.15, 0.2) is 0 Å². The van der Waals surface area contributed by atoms with Crippen molar-refractivity contribution in [3.05, 3.63) is 57.5 Å². The van der Waals surface area contributed by atoms with Crippen LogP contribution >= 0.6 is 0 Å². The number of non-ortho nitro benzene ring substituents is 1. The molecule has 0 saturated carbocycles. The van der Waals surface area contributed by atoms with Gasteiger partial charge in [0.25, 0.3) is 5.69 Å². The molecule has 104 valence electrons. The zero-order valence-electron chi connectivity index (χ0n) is 10.5. The molecular formula is C13H11NO6. The highest BCUT2D eigenvalue weighted by atomic mass is 16.6. The number of rotatable bonds is 5. The number of aromatic carboxylic acids is 1. The molecule has 0 fully saturated rings. The lowest BCUT2D eigenvalue weighted by Gasteiger charge is -2.04. The van der Waals surface area contributed by atoms with Gasteiger partial charge in [-0.15, -0.1) is 0 Å². The number of carboxylic acids is 1. The number of ether oxygens (including phenoxy) is 1. The Morgan fingerprint density at radius 3 is 2.55 bits per heavy atom.